The maximum Gasteiger partial charge on any atom is 0.264 e. The third-order valence-electron chi connectivity index (χ3n) is 5.55. The van der Waals surface area contributed by atoms with Crippen molar-refractivity contribution in [1.29, 1.82) is 0 Å². The van der Waals surface area contributed by atoms with Crippen molar-refractivity contribution in [2.45, 2.75) is 17.9 Å². The first-order chi connectivity index (χ1) is 17.2. The second kappa shape index (κ2) is 11.7. The second-order valence-electron chi connectivity index (χ2n) is 7.76. The van der Waals surface area contributed by atoms with E-state index in [1.54, 1.807) is 62.6 Å². The molecule has 36 heavy (non-hydrogen) atoms. The summed E-state index contributed by atoms with van der Waals surface area (Å²) in [6.07, 6.45) is 0. The zero-order valence-electron chi connectivity index (χ0n) is 20.8. The number of hydrogen-bond acceptors (Lipinski definition) is 7. The number of anilines is 1. The minimum Gasteiger partial charge on any atom is -0.497 e. The Balaban J connectivity index is 1.99. The standard InChI is InChI=1S/C26H30N2O7S/c1-18(22-15-19(32-2)11-13-24(22)34-4)27-26(29)17-28(36(30,31)21-9-7-6-8-10-21)23-16-20(33-3)12-14-25(23)35-5/h6-16,18H,17H2,1-5H3,(H,27,29)/t18-/m0/s1. The van der Waals surface area contributed by atoms with Gasteiger partial charge in [0.25, 0.3) is 10.0 Å². The fraction of sp³-hybridized carbons (Fsp3) is 0.269. The number of nitrogens with zero attached hydrogens (tertiary/aromatic N) is 1. The quantitative estimate of drug-likeness (QED) is 0.415. The molecule has 0 aromatic heterocycles. The van der Waals surface area contributed by atoms with Gasteiger partial charge >= 0.3 is 0 Å². The predicted octanol–water partition coefficient (Wildman–Crippen LogP) is 3.79. The smallest absolute Gasteiger partial charge is 0.264 e. The highest BCUT2D eigenvalue weighted by atomic mass is 32.2. The molecule has 0 heterocycles. The number of ether oxygens (including phenoxy) is 4. The Labute approximate surface area is 211 Å². The van der Waals surface area contributed by atoms with Gasteiger partial charge in [0, 0.05) is 11.6 Å². The van der Waals surface area contributed by atoms with Crippen LogP contribution in [0, 0.1) is 0 Å². The summed E-state index contributed by atoms with van der Waals surface area (Å²) in [7, 11) is 1.83. The van der Waals surface area contributed by atoms with Crippen molar-refractivity contribution in [1.82, 2.24) is 5.32 Å². The predicted molar refractivity (Wildman–Crippen MR) is 137 cm³/mol. The van der Waals surface area contributed by atoms with Crippen LogP contribution in [0.1, 0.15) is 18.5 Å². The summed E-state index contributed by atoms with van der Waals surface area (Å²) in [6, 6.07) is 17.4. The first-order valence-electron chi connectivity index (χ1n) is 11.1. The monoisotopic (exact) mass is 514 g/mol. The second-order valence-corrected chi connectivity index (χ2v) is 9.62. The van der Waals surface area contributed by atoms with Crippen LogP contribution in [0.4, 0.5) is 5.69 Å². The first-order valence-corrected chi connectivity index (χ1v) is 12.5. The van der Waals surface area contributed by atoms with Gasteiger partial charge in [0.1, 0.15) is 29.5 Å². The zero-order chi connectivity index (χ0) is 26.3. The van der Waals surface area contributed by atoms with Gasteiger partial charge in [0.05, 0.1) is 45.1 Å². The van der Waals surface area contributed by atoms with Crippen LogP contribution in [-0.4, -0.2) is 49.3 Å². The lowest BCUT2D eigenvalue weighted by Crippen LogP contribution is -2.41. The number of carbonyl (C=O) groups excluding carboxylic acids is 1. The molecule has 1 N–H and O–H groups in total. The number of amides is 1. The van der Waals surface area contributed by atoms with Crippen molar-refractivity contribution in [3.05, 3.63) is 72.3 Å². The summed E-state index contributed by atoms with van der Waals surface area (Å²) in [5, 5.41) is 2.86. The van der Waals surface area contributed by atoms with E-state index in [4.69, 9.17) is 18.9 Å². The summed E-state index contributed by atoms with van der Waals surface area (Å²) in [5.74, 6) is 1.31. The molecule has 3 aromatic rings. The van der Waals surface area contributed by atoms with Crippen molar-refractivity contribution in [3.8, 4) is 23.0 Å². The van der Waals surface area contributed by atoms with Crippen molar-refractivity contribution in [2.24, 2.45) is 0 Å². The van der Waals surface area contributed by atoms with E-state index >= 15 is 0 Å². The minimum absolute atomic E-state index is 0.0326. The number of benzene rings is 3. The zero-order valence-corrected chi connectivity index (χ0v) is 21.7. The third kappa shape index (κ3) is 5.83. The molecule has 9 nitrogen and oxygen atoms in total. The fourth-order valence-electron chi connectivity index (χ4n) is 3.68. The van der Waals surface area contributed by atoms with Crippen LogP contribution in [0.5, 0.6) is 23.0 Å². The van der Waals surface area contributed by atoms with Gasteiger partial charge < -0.3 is 24.3 Å². The molecule has 0 aliphatic rings. The van der Waals surface area contributed by atoms with Crippen LogP contribution in [0.2, 0.25) is 0 Å². The Bertz CT molecular complexity index is 1300. The summed E-state index contributed by atoms with van der Waals surface area (Å²) in [6.45, 7) is 1.27. The van der Waals surface area contributed by atoms with E-state index in [0.717, 1.165) is 4.31 Å². The highest BCUT2D eigenvalue weighted by Gasteiger charge is 2.30. The highest BCUT2D eigenvalue weighted by Crippen LogP contribution is 2.36. The maximum absolute atomic E-state index is 13.7. The van der Waals surface area contributed by atoms with Gasteiger partial charge in [0.15, 0.2) is 0 Å². The molecule has 0 spiro atoms. The number of rotatable bonds is 11. The fourth-order valence-corrected chi connectivity index (χ4v) is 5.13. The Morgan fingerprint density at radius 1 is 0.833 bits per heavy atom. The lowest BCUT2D eigenvalue weighted by Gasteiger charge is -2.27. The molecule has 10 heteroatoms. The van der Waals surface area contributed by atoms with Gasteiger partial charge in [-0.05, 0) is 49.4 Å². The van der Waals surface area contributed by atoms with Crippen LogP contribution in [0.3, 0.4) is 0 Å². The molecular weight excluding hydrogens is 484 g/mol. The molecule has 1 atom stereocenters. The minimum atomic E-state index is -4.14. The Kier molecular flexibility index (Phi) is 8.65. The molecular formula is C26H30N2O7S. The average Bonchev–Trinajstić information content (AvgIpc) is 2.91. The number of hydrogen-bond donors (Lipinski definition) is 1. The molecule has 1 amide bonds. The molecule has 0 aliphatic carbocycles. The number of sulfonamides is 1. The van der Waals surface area contributed by atoms with E-state index in [9.17, 15) is 13.2 Å². The van der Waals surface area contributed by atoms with Gasteiger partial charge in [0.2, 0.25) is 5.91 Å². The molecule has 0 bridgehead atoms. The van der Waals surface area contributed by atoms with Gasteiger partial charge in [-0.25, -0.2) is 8.42 Å². The SMILES string of the molecule is COc1ccc(OC)c([C@H](C)NC(=O)CN(c2cc(OC)ccc2OC)S(=O)(=O)c2ccccc2)c1. The van der Waals surface area contributed by atoms with Crippen molar-refractivity contribution in [3.63, 3.8) is 0 Å². The molecule has 0 fully saturated rings. The molecule has 0 unspecified atom stereocenters. The first kappa shape index (κ1) is 26.7. The van der Waals surface area contributed by atoms with E-state index in [1.165, 1.54) is 39.5 Å². The van der Waals surface area contributed by atoms with Crippen LogP contribution >= 0.6 is 0 Å². The Hall–Kier alpha value is -3.92. The molecule has 3 aromatic carbocycles. The molecule has 3 rings (SSSR count). The number of methoxy groups -OCH3 is 4. The Morgan fingerprint density at radius 2 is 1.42 bits per heavy atom. The lowest BCUT2D eigenvalue weighted by atomic mass is 10.1. The van der Waals surface area contributed by atoms with E-state index in [-0.39, 0.29) is 16.3 Å². The van der Waals surface area contributed by atoms with Gasteiger partial charge in [-0.15, -0.1) is 0 Å². The maximum atomic E-state index is 13.7. The third-order valence-corrected chi connectivity index (χ3v) is 7.33. The van der Waals surface area contributed by atoms with E-state index < -0.39 is 28.5 Å². The van der Waals surface area contributed by atoms with E-state index in [0.29, 0.717) is 22.8 Å². The largest absolute Gasteiger partial charge is 0.497 e. The van der Waals surface area contributed by atoms with Crippen LogP contribution in [0.15, 0.2) is 71.6 Å². The molecule has 0 aliphatic heterocycles. The Morgan fingerprint density at radius 3 is 2.00 bits per heavy atom. The van der Waals surface area contributed by atoms with Gasteiger partial charge in [-0.1, -0.05) is 18.2 Å². The van der Waals surface area contributed by atoms with Gasteiger partial charge in [-0.2, -0.15) is 0 Å². The van der Waals surface area contributed by atoms with Crippen LogP contribution in [0.25, 0.3) is 0 Å². The molecule has 0 saturated heterocycles. The van der Waals surface area contributed by atoms with Crippen molar-refractivity contribution < 1.29 is 32.2 Å². The lowest BCUT2D eigenvalue weighted by molar-refractivity contribution is -0.120. The number of carbonyl (C=O) groups is 1. The van der Waals surface area contributed by atoms with E-state index in [1.807, 2.05) is 0 Å². The van der Waals surface area contributed by atoms with Crippen LogP contribution in [-0.2, 0) is 14.8 Å². The van der Waals surface area contributed by atoms with Gasteiger partial charge in [-0.3, -0.25) is 9.10 Å². The van der Waals surface area contributed by atoms with Crippen molar-refractivity contribution >= 4 is 21.6 Å². The summed E-state index contributed by atoms with van der Waals surface area (Å²) in [4.78, 5) is 13.3. The van der Waals surface area contributed by atoms with E-state index in [2.05, 4.69) is 5.32 Å². The topological polar surface area (TPSA) is 103 Å². The average molecular weight is 515 g/mol. The molecule has 0 radical (unpaired) electrons. The normalized spacial score (nSPS) is 11.8. The summed E-state index contributed by atoms with van der Waals surface area (Å²) in [5.41, 5.74) is 0.851. The highest BCUT2D eigenvalue weighted by molar-refractivity contribution is 7.92. The van der Waals surface area contributed by atoms with Crippen molar-refractivity contribution in [2.75, 3.05) is 39.3 Å². The summed E-state index contributed by atoms with van der Waals surface area (Å²) < 4.78 is 49.8. The number of nitrogens with one attached hydrogen (secondary N) is 1. The molecule has 0 saturated carbocycles. The molecule has 192 valence electrons. The summed E-state index contributed by atoms with van der Waals surface area (Å²) >= 11 is 0. The van der Waals surface area contributed by atoms with Crippen LogP contribution < -0.4 is 28.6 Å².